The molecular weight excluding hydrogens is 312 g/mol. The van der Waals surface area contributed by atoms with Gasteiger partial charge in [0.1, 0.15) is 5.82 Å². The fraction of sp³-hybridized carbons (Fsp3) is 0.812. The number of aromatic nitrogens is 2. The van der Waals surface area contributed by atoms with E-state index in [1.54, 1.807) is 0 Å². The molecule has 3 rings (SSSR count). The van der Waals surface area contributed by atoms with Crippen molar-refractivity contribution in [3.8, 4) is 0 Å². The monoisotopic (exact) mass is 338 g/mol. The Bertz CT molecular complexity index is 520. The number of amides is 1. The molecular formula is C16H26N4O2S. The topological polar surface area (TPSA) is 58.6 Å². The van der Waals surface area contributed by atoms with Crippen LogP contribution in [0, 0.1) is 5.92 Å². The van der Waals surface area contributed by atoms with E-state index in [-0.39, 0.29) is 0 Å². The second kappa shape index (κ2) is 7.57. The number of rotatable bonds is 4. The van der Waals surface area contributed by atoms with Gasteiger partial charge in [-0.3, -0.25) is 4.79 Å². The molecule has 1 amide bonds. The fourth-order valence-electron chi connectivity index (χ4n) is 3.11. The minimum Gasteiger partial charge on any atom is -0.378 e. The normalized spacial score (nSPS) is 20.3. The molecule has 1 aromatic rings. The lowest BCUT2D eigenvalue weighted by Gasteiger charge is -2.33. The average molecular weight is 338 g/mol. The first-order valence-electron chi connectivity index (χ1n) is 8.57. The average Bonchev–Trinajstić information content (AvgIpc) is 3.07. The zero-order valence-electron chi connectivity index (χ0n) is 14.0. The van der Waals surface area contributed by atoms with Crippen LogP contribution in [-0.2, 0) is 9.53 Å². The van der Waals surface area contributed by atoms with E-state index >= 15 is 0 Å². The predicted octanol–water partition coefficient (Wildman–Crippen LogP) is 2.13. The lowest BCUT2D eigenvalue weighted by molar-refractivity contribution is -0.136. The van der Waals surface area contributed by atoms with Crippen LogP contribution in [0.4, 0.5) is 5.13 Å². The number of hydrogen-bond acceptors (Lipinski definition) is 6. The molecule has 23 heavy (non-hydrogen) atoms. The van der Waals surface area contributed by atoms with Crippen molar-refractivity contribution in [3.63, 3.8) is 0 Å². The van der Waals surface area contributed by atoms with Gasteiger partial charge in [0.15, 0.2) is 0 Å². The summed E-state index contributed by atoms with van der Waals surface area (Å²) in [5.41, 5.74) is 0. The Hall–Kier alpha value is -1.21. The highest BCUT2D eigenvalue weighted by Gasteiger charge is 2.26. The van der Waals surface area contributed by atoms with Gasteiger partial charge in [-0.25, -0.2) is 4.98 Å². The van der Waals surface area contributed by atoms with Crippen molar-refractivity contribution in [3.05, 3.63) is 5.82 Å². The van der Waals surface area contributed by atoms with Gasteiger partial charge in [0, 0.05) is 50.1 Å². The van der Waals surface area contributed by atoms with Gasteiger partial charge in [-0.1, -0.05) is 13.8 Å². The summed E-state index contributed by atoms with van der Waals surface area (Å²) in [6.07, 6.45) is 2.81. The van der Waals surface area contributed by atoms with Crippen LogP contribution < -0.4 is 4.90 Å². The summed E-state index contributed by atoms with van der Waals surface area (Å²) in [6.45, 7) is 9.06. The van der Waals surface area contributed by atoms with E-state index in [9.17, 15) is 4.79 Å². The van der Waals surface area contributed by atoms with Crippen LogP contribution in [0.15, 0.2) is 0 Å². The van der Waals surface area contributed by atoms with E-state index in [2.05, 4.69) is 28.1 Å². The first-order chi connectivity index (χ1) is 11.1. The number of nitrogens with zero attached hydrogens (tertiary/aromatic N) is 4. The molecule has 7 heteroatoms. The molecule has 0 bridgehead atoms. The standard InChI is InChI=1S/C16H26N4O2S/c1-12(2)15-17-16(23-18-15)20-5-3-13(4-6-20)11-14(21)19-7-9-22-10-8-19/h12-13H,3-11H2,1-2H3. The summed E-state index contributed by atoms with van der Waals surface area (Å²) in [5.74, 6) is 2.11. The van der Waals surface area contributed by atoms with Gasteiger partial charge in [-0.2, -0.15) is 4.37 Å². The third kappa shape index (κ3) is 4.20. The first kappa shape index (κ1) is 16.6. The highest BCUT2D eigenvalue weighted by Crippen LogP contribution is 2.28. The Morgan fingerprint density at radius 2 is 1.96 bits per heavy atom. The van der Waals surface area contributed by atoms with Crippen molar-refractivity contribution in [2.24, 2.45) is 5.92 Å². The van der Waals surface area contributed by atoms with Gasteiger partial charge < -0.3 is 14.5 Å². The molecule has 0 unspecified atom stereocenters. The number of hydrogen-bond donors (Lipinski definition) is 0. The molecule has 2 aliphatic heterocycles. The van der Waals surface area contributed by atoms with Crippen LogP contribution in [0.3, 0.4) is 0 Å². The smallest absolute Gasteiger partial charge is 0.223 e. The molecule has 6 nitrogen and oxygen atoms in total. The van der Waals surface area contributed by atoms with Crippen LogP contribution >= 0.6 is 11.5 Å². The largest absolute Gasteiger partial charge is 0.378 e. The number of ether oxygens (including phenoxy) is 1. The Labute approximate surface area is 142 Å². The van der Waals surface area contributed by atoms with Gasteiger partial charge in [-0.05, 0) is 18.8 Å². The molecule has 3 heterocycles. The first-order valence-corrected chi connectivity index (χ1v) is 9.35. The molecule has 0 saturated carbocycles. The van der Waals surface area contributed by atoms with Crippen molar-refractivity contribution >= 4 is 22.6 Å². The molecule has 0 spiro atoms. The number of anilines is 1. The maximum atomic E-state index is 12.3. The molecule has 0 aromatic carbocycles. The zero-order chi connectivity index (χ0) is 16.2. The van der Waals surface area contributed by atoms with E-state index in [4.69, 9.17) is 4.74 Å². The van der Waals surface area contributed by atoms with Crippen molar-refractivity contribution in [1.82, 2.24) is 14.3 Å². The van der Waals surface area contributed by atoms with Crippen molar-refractivity contribution < 1.29 is 9.53 Å². The molecule has 1 aromatic heterocycles. The van der Waals surface area contributed by atoms with Crippen LogP contribution in [-0.4, -0.2) is 59.6 Å². The summed E-state index contributed by atoms with van der Waals surface area (Å²) in [5, 5.41) is 1.03. The van der Waals surface area contributed by atoms with Crippen molar-refractivity contribution in [2.45, 2.75) is 39.0 Å². The second-order valence-electron chi connectivity index (χ2n) is 6.72. The zero-order valence-corrected chi connectivity index (χ0v) is 14.8. The fourth-order valence-corrected chi connectivity index (χ4v) is 3.97. The third-order valence-electron chi connectivity index (χ3n) is 4.66. The SMILES string of the molecule is CC(C)c1nsc(N2CCC(CC(=O)N3CCOCC3)CC2)n1. The highest BCUT2D eigenvalue weighted by atomic mass is 32.1. The van der Waals surface area contributed by atoms with E-state index in [1.807, 2.05) is 4.90 Å². The van der Waals surface area contributed by atoms with E-state index in [0.29, 0.717) is 37.4 Å². The number of carbonyl (C=O) groups excluding carboxylic acids is 1. The summed E-state index contributed by atoms with van der Waals surface area (Å²) < 4.78 is 9.75. The molecule has 0 N–H and O–H groups in total. The molecule has 2 aliphatic rings. The van der Waals surface area contributed by atoms with Crippen LogP contribution in [0.5, 0.6) is 0 Å². The highest BCUT2D eigenvalue weighted by molar-refractivity contribution is 7.09. The van der Waals surface area contributed by atoms with Gasteiger partial charge in [0.05, 0.1) is 13.2 Å². The van der Waals surface area contributed by atoms with Gasteiger partial charge >= 0.3 is 0 Å². The van der Waals surface area contributed by atoms with E-state index in [1.165, 1.54) is 11.5 Å². The Morgan fingerprint density at radius 1 is 1.26 bits per heavy atom. The van der Waals surface area contributed by atoms with Gasteiger partial charge in [0.25, 0.3) is 0 Å². The maximum Gasteiger partial charge on any atom is 0.223 e. The van der Waals surface area contributed by atoms with Crippen LogP contribution in [0.2, 0.25) is 0 Å². The van der Waals surface area contributed by atoms with Crippen molar-refractivity contribution in [1.29, 1.82) is 0 Å². The van der Waals surface area contributed by atoms with Crippen LogP contribution in [0.25, 0.3) is 0 Å². The summed E-state index contributed by atoms with van der Waals surface area (Å²) in [4.78, 5) is 21.2. The Morgan fingerprint density at radius 3 is 2.57 bits per heavy atom. The van der Waals surface area contributed by atoms with Gasteiger partial charge in [-0.15, -0.1) is 0 Å². The Balaban J connectivity index is 1.47. The molecule has 2 saturated heterocycles. The summed E-state index contributed by atoms with van der Waals surface area (Å²) in [7, 11) is 0. The molecule has 0 radical (unpaired) electrons. The summed E-state index contributed by atoms with van der Waals surface area (Å²) >= 11 is 1.50. The number of piperidine rings is 1. The van der Waals surface area contributed by atoms with Gasteiger partial charge in [0.2, 0.25) is 11.0 Å². The van der Waals surface area contributed by atoms with Crippen molar-refractivity contribution in [2.75, 3.05) is 44.3 Å². The Kier molecular flexibility index (Phi) is 5.48. The van der Waals surface area contributed by atoms with Crippen LogP contribution in [0.1, 0.15) is 44.9 Å². The molecule has 128 valence electrons. The lowest BCUT2D eigenvalue weighted by atomic mass is 9.93. The minimum absolute atomic E-state index is 0.296. The second-order valence-corrected chi connectivity index (χ2v) is 7.45. The van der Waals surface area contributed by atoms with E-state index < -0.39 is 0 Å². The third-order valence-corrected chi connectivity index (χ3v) is 5.45. The minimum atomic E-state index is 0.296. The molecule has 0 aliphatic carbocycles. The lowest BCUT2D eigenvalue weighted by Crippen LogP contribution is -2.42. The number of morpholine rings is 1. The quantitative estimate of drug-likeness (QED) is 0.842. The molecule has 0 atom stereocenters. The van der Waals surface area contributed by atoms with E-state index in [0.717, 1.165) is 50.0 Å². The molecule has 2 fully saturated rings. The summed E-state index contributed by atoms with van der Waals surface area (Å²) in [6, 6.07) is 0. The number of carbonyl (C=O) groups is 1. The predicted molar refractivity (Wildman–Crippen MR) is 91.0 cm³/mol. The maximum absolute atomic E-state index is 12.3.